The summed E-state index contributed by atoms with van der Waals surface area (Å²) in [6.07, 6.45) is 2.78. The summed E-state index contributed by atoms with van der Waals surface area (Å²) in [5.74, 6) is 0. The van der Waals surface area contributed by atoms with Gasteiger partial charge in [-0.1, -0.05) is 35.8 Å². The van der Waals surface area contributed by atoms with E-state index in [4.69, 9.17) is 4.74 Å². The summed E-state index contributed by atoms with van der Waals surface area (Å²) in [5.41, 5.74) is 3.39. The molecule has 2 rings (SSSR count). The molecule has 0 saturated carbocycles. The lowest BCUT2D eigenvalue weighted by Crippen LogP contribution is -2.39. The topological polar surface area (TPSA) is 29.5 Å². The third kappa shape index (κ3) is 3.89. The van der Waals surface area contributed by atoms with Crippen LogP contribution in [-0.4, -0.2) is 37.5 Å². The van der Waals surface area contributed by atoms with Gasteiger partial charge in [-0.15, -0.1) is 0 Å². The van der Waals surface area contributed by atoms with Crippen molar-refractivity contribution in [2.75, 3.05) is 13.1 Å². The van der Waals surface area contributed by atoms with Crippen LogP contribution in [0.4, 0.5) is 4.79 Å². The number of rotatable bonds is 1. The van der Waals surface area contributed by atoms with E-state index in [0.717, 1.165) is 6.42 Å². The molecule has 0 spiro atoms. The van der Waals surface area contributed by atoms with Crippen molar-refractivity contribution in [3.05, 3.63) is 35.9 Å². The highest BCUT2D eigenvalue weighted by Crippen LogP contribution is 2.22. The molecule has 1 heterocycles. The molecule has 0 atom stereocenters. The molecule has 0 unspecified atom stereocenters. The Hall–Kier alpha value is -1.71. The molecule has 1 aliphatic heterocycles. The van der Waals surface area contributed by atoms with Crippen LogP contribution >= 0.6 is 0 Å². The van der Waals surface area contributed by atoms with Gasteiger partial charge in [0.25, 0.3) is 0 Å². The van der Waals surface area contributed by atoms with Gasteiger partial charge in [-0.05, 0) is 38.3 Å². The van der Waals surface area contributed by atoms with Crippen LogP contribution in [-0.2, 0) is 4.74 Å². The molecule has 0 aromatic heterocycles. The van der Waals surface area contributed by atoms with Gasteiger partial charge in [0.15, 0.2) is 0 Å². The Morgan fingerprint density at radius 1 is 1.25 bits per heavy atom. The predicted molar refractivity (Wildman–Crippen MR) is 85.0 cm³/mol. The van der Waals surface area contributed by atoms with Gasteiger partial charge < -0.3 is 9.64 Å². The summed E-state index contributed by atoms with van der Waals surface area (Å²) >= 11 is 0. The number of hydrogen-bond acceptors (Lipinski definition) is 2. The maximum absolute atomic E-state index is 12.0. The number of benzene rings is 1. The summed E-state index contributed by atoms with van der Waals surface area (Å²) in [4.78, 5) is 13.7. The first-order chi connectivity index (χ1) is 9.35. The van der Waals surface area contributed by atoms with Gasteiger partial charge in [-0.2, -0.15) is 0 Å². The van der Waals surface area contributed by atoms with Crippen molar-refractivity contribution < 1.29 is 9.53 Å². The first-order valence-corrected chi connectivity index (χ1v) is 7.09. The molecule has 106 valence electrons. The van der Waals surface area contributed by atoms with Gasteiger partial charge in [0.1, 0.15) is 13.4 Å². The maximum atomic E-state index is 12.0. The van der Waals surface area contributed by atoms with E-state index in [-0.39, 0.29) is 6.09 Å². The Bertz CT molecular complexity index is 514. The number of carbonyl (C=O) groups excluding carboxylic acids is 1. The average Bonchev–Trinajstić information content (AvgIpc) is 2.38. The van der Waals surface area contributed by atoms with Gasteiger partial charge in [0.05, 0.1) is 0 Å². The van der Waals surface area contributed by atoms with Crippen molar-refractivity contribution in [1.82, 2.24) is 4.90 Å². The summed E-state index contributed by atoms with van der Waals surface area (Å²) in [5, 5.41) is 0. The zero-order valence-corrected chi connectivity index (χ0v) is 12.8. The van der Waals surface area contributed by atoms with Crippen LogP contribution in [0.5, 0.6) is 0 Å². The highest BCUT2D eigenvalue weighted by atomic mass is 16.6. The fourth-order valence-corrected chi connectivity index (χ4v) is 2.19. The Labute approximate surface area is 122 Å². The molecule has 0 N–H and O–H groups in total. The lowest BCUT2D eigenvalue weighted by atomic mass is 9.92. The van der Waals surface area contributed by atoms with Crippen molar-refractivity contribution in [2.24, 2.45) is 0 Å². The predicted octanol–water partition coefficient (Wildman–Crippen LogP) is 1.97. The molecule has 0 aliphatic carbocycles. The average molecular weight is 271 g/mol. The highest BCUT2D eigenvalue weighted by molar-refractivity contribution is 6.32. The van der Waals surface area contributed by atoms with Crippen LogP contribution in [0.15, 0.2) is 30.3 Å². The van der Waals surface area contributed by atoms with Gasteiger partial charge in [0, 0.05) is 13.1 Å². The largest absolute Gasteiger partial charge is 0.444 e. The van der Waals surface area contributed by atoms with Gasteiger partial charge >= 0.3 is 6.09 Å². The van der Waals surface area contributed by atoms with E-state index in [1.54, 1.807) is 4.90 Å². The molecule has 4 heteroatoms. The van der Waals surface area contributed by atoms with Crippen LogP contribution in [0.25, 0.3) is 5.57 Å². The van der Waals surface area contributed by atoms with E-state index >= 15 is 0 Å². The minimum atomic E-state index is -0.433. The minimum Gasteiger partial charge on any atom is -0.444 e. The maximum Gasteiger partial charge on any atom is 0.410 e. The van der Waals surface area contributed by atoms with Crippen LogP contribution in [0.1, 0.15) is 32.8 Å². The van der Waals surface area contributed by atoms with Crippen molar-refractivity contribution in [3.8, 4) is 0 Å². The Balaban J connectivity index is 2.00. The number of amides is 1. The standard InChI is InChI=1S/C16H22BNO2/c1-16(2,3)20-15(19)18-10-8-13(9-11-18)12-4-6-14(17)7-5-12/h4-8H,9-11,17H2,1-3H3. The van der Waals surface area contributed by atoms with Gasteiger partial charge in [-0.3, -0.25) is 0 Å². The third-order valence-electron chi connectivity index (χ3n) is 3.28. The molecule has 0 radical (unpaired) electrons. The first-order valence-electron chi connectivity index (χ1n) is 7.09. The van der Waals surface area contributed by atoms with Gasteiger partial charge in [-0.25, -0.2) is 4.79 Å². The zero-order chi connectivity index (χ0) is 14.8. The molecule has 0 bridgehead atoms. The molecule has 0 saturated heterocycles. The lowest BCUT2D eigenvalue weighted by molar-refractivity contribution is 0.0270. The van der Waals surface area contributed by atoms with Crippen LogP contribution in [0, 0.1) is 0 Å². The minimum absolute atomic E-state index is 0.225. The van der Waals surface area contributed by atoms with E-state index in [9.17, 15) is 4.79 Å². The second-order valence-corrected chi connectivity index (χ2v) is 6.27. The van der Waals surface area contributed by atoms with E-state index in [0.29, 0.717) is 13.1 Å². The third-order valence-corrected chi connectivity index (χ3v) is 3.28. The fourth-order valence-electron chi connectivity index (χ4n) is 2.19. The second-order valence-electron chi connectivity index (χ2n) is 6.27. The Morgan fingerprint density at radius 3 is 2.40 bits per heavy atom. The molecule has 1 amide bonds. The van der Waals surface area contributed by atoms with Crippen LogP contribution in [0.2, 0.25) is 0 Å². The first kappa shape index (κ1) is 14.7. The van der Waals surface area contributed by atoms with E-state index in [2.05, 4.69) is 38.2 Å². The molecule has 1 aliphatic rings. The van der Waals surface area contributed by atoms with Crippen molar-refractivity contribution in [1.29, 1.82) is 0 Å². The second kappa shape index (κ2) is 5.74. The molecule has 1 aromatic carbocycles. The monoisotopic (exact) mass is 271 g/mol. The Morgan fingerprint density at radius 2 is 1.90 bits per heavy atom. The molecule has 1 aromatic rings. The smallest absolute Gasteiger partial charge is 0.410 e. The lowest BCUT2D eigenvalue weighted by Gasteiger charge is -2.29. The summed E-state index contributed by atoms with van der Waals surface area (Å²) in [6.45, 7) is 7.01. The normalized spacial score (nSPS) is 15.8. The molecule has 0 fully saturated rings. The van der Waals surface area contributed by atoms with Crippen LogP contribution < -0.4 is 5.46 Å². The molecular formula is C16H22BNO2. The number of hydrogen-bond donors (Lipinski definition) is 0. The Kier molecular flexibility index (Phi) is 4.22. The van der Waals surface area contributed by atoms with E-state index < -0.39 is 5.60 Å². The van der Waals surface area contributed by atoms with Crippen molar-refractivity contribution in [2.45, 2.75) is 32.8 Å². The quantitative estimate of drug-likeness (QED) is 0.731. The van der Waals surface area contributed by atoms with E-state index in [1.807, 2.05) is 20.8 Å². The molecule has 20 heavy (non-hydrogen) atoms. The SMILES string of the molecule is Bc1ccc(C2=CCN(C(=O)OC(C)(C)C)CC2)cc1. The van der Waals surface area contributed by atoms with Gasteiger partial charge in [0.2, 0.25) is 0 Å². The highest BCUT2D eigenvalue weighted by Gasteiger charge is 2.23. The summed E-state index contributed by atoms with van der Waals surface area (Å²) < 4.78 is 5.39. The number of ether oxygens (including phenoxy) is 1. The van der Waals surface area contributed by atoms with Crippen molar-refractivity contribution >= 4 is 25.0 Å². The number of carbonyl (C=O) groups is 1. The fraction of sp³-hybridized carbons (Fsp3) is 0.438. The van der Waals surface area contributed by atoms with Crippen molar-refractivity contribution in [3.63, 3.8) is 0 Å². The zero-order valence-electron chi connectivity index (χ0n) is 12.8. The van der Waals surface area contributed by atoms with E-state index in [1.165, 1.54) is 16.6 Å². The molecular weight excluding hydrogens is 249 g/mol. The molecule has 3 nitrogen and oxygen atoms in total. The summed E-state index contributed by atoms with van der Waals surface area (Å²) in [7, 11) is 2.09. The van der Waals surface area contributed by atoms with Crippen LogP contribution in [0.3, 0.4) is 0 Å². The number of nitrogens with zero attached hydrogens (tertiary/aromatic N) is 1. The summed E-state index contributed by atoms with van der Waals surface area (Å²) in [6, 6.07) is 8.53.